The van der Waals surface area contributed by atoms with Crippen LogP contribution in [-0.2, 0) is 0 Å². The van der Waals surface area contributed by atoms with E-state index in [0.717, 1.165) is 17.6 Å². The van der Waals surface area contributed by atoms with Crippen molar-refractivity contribution in [2.24, 2.45) is 0 Å². The van der Waals surface area contributed by atoms with Crippen molar-refractivity contribution in [3.8, 4) is 0 Å². The summed E-state index contributed by atoms with van der Waals surface area (Å²) in [4.78, 5) is 4.16. The summed E-state index contributed by atoms with van der Waals surface area (Å²) < 4.78 is 5.20. The van der Waals surface area contributed by atoms with Gasteiger partial charge in [0.1, 0.15) is 5.52 Å². The van der Waals surface area contributed by atoms with Crippen LogP contribution < -0.4 is 5.32 Å². The number of oxazole rings is 1. The Morgan fingerprint density at radius 2 is 2.43 bits per heavy atom. The first-order valence-corrected chi connectivity index (χ1v) is 5.00. The van der Waals surface area contributed by atoms with Gasteiger partial charge in [0.25, 0.3) is 0 Å². The quantitative estimate of drug-likeness (QED) is 0.745. The van der Waals surface area contributed by atoms with Crippen LogP contribution in [0.5, 0.6) is 0 Å². The van der Waals surface area contributed by atoms with Crippen molar-refractivity contribution in [3.63, 3.8) is 0 Å². The van der Waals surface area contributed by atoms with E-state index in [1.807, 2.05) is 6.07 Å². The molecule has 1 fully saturated rings. The van der Waals surface area contributed by atoms with Crippen molar-refractivity contribution in [2.45, 2.75) is 18.9 Å². The van der Waals surface area contributed by atoms with Crippen LogP contribution in [0.1, 0.15) is 24.4 Å². The molecule has 3 nitrogen and oxygen atoms in total. The fourth-order valence-electron chi connectivity index (χ4n) is 2.06. The average molecular weight is 188 g/mol. The van der Waals surface area contributed by atoms with Crippen molar-refractivity contribution in [1.82, 2.24) is 10.3 Å². The van der Waals surface area contributed by atoms with Crippen LogP contribution in [-0.4, -0.2) is 11.5 Å². The largest absolute Gasteiger partial charge is 0.443 e. The summed E-state index contributed by atoms with van der Waals surface area (Å²) >= 11 is 0. The van der Waals surface area contributed by atoms with Crippen LogP contribution in [0.2, 0.25) is 0 Å². The number of hydrogen-bond donors (Lipinski definition) is 1. The fourth-order valence-corrected chi connectivity index (χ4v) is 2.06. The highest BCUT2D eigenvalue weighted by atomic mass is 16.3. The van der Waals surface area contributed by atoms with Gasteiger partial charge in [-0.05, 0) is 37.1 Å². The highest BCUT2D eigenvalue weighted by molar-refractivity contribution is 5.72. The lowest BCUT2D eigenvalue weighted by molar-refractivity contribution is 0.601. The Hall–Kier alpha value is -1.35. The second-order valence-corrected chi connectivity index (χ2v) is 3.73. The molecule has 1 aliphatic rings. The molecular weight excluding hydrogens is 176 g/mol. The Morgan fingerprint density at radius 3 is 3.29 bits per heavy atom. The molecule has 1 saturated heterocycles. The number of rotatable bonds is 1. The normalized spacial score (nSPS) is 21.9. The zero-order valence-corrected chi connectivity index (χ0v) is 7.86. The van der Waals surface area contributed by atoms with E-state index in [4.69, 9.17) is 4.42 Å². The summed E-state index contributed by atoms with van der Waals surface area (Å²) in [6, 6.07) is 6.74. The molecule has 1 aromatic carbocycles. The van der Waals surface area contributed by atoms with Crippen LogP contribution >= 0.6 is 0 Å². The molecule has 0 aliphatic carbocycles. The molecule has 2 heterocycles. The molecular formula is C11H12N2O. The average Bonchev–Trinajstić information content (AvgIpc) is 2.88. The van der Waals surface area contributed by atoms with Crippen molar-refractivity contribution >= 4 is 11.1 Å². The molecule has 3 rings (SSSR count). The number of nitrogens with zero attached hydrogens (tertiary/aromatic N) is 1. The van der Waals surface area contributed by atoms with E-state index in [1.54, 1.807) is 0 Å². The molecule has 72 valence electrons. The maximum Gasteiger partial charge on any atom is 0.181 e. The van der Waals surface area contributed by atoms with Crippen LogP contribution in [0, 0.1) is 0 Å². The third-order valence-electron chi connectivity index (χ3n) is 2.82. The van der Waals surface area contributed by atoms with Gasteiger partial charge >= 0.3 is 0 Å². The second-order valence-electron chi connectivity index (χ2n) is 3.73. The first kappa shape index (κ1) is 8.00. The lowest BCUT2D eigenvalue weighted by atomic mass is 10.1. The van der Waals surface area contributed by atoms with Crippen LogP contribution in [0.25, 0.3) is 11.1 Å². The Bertz CT molecular complexity index is 443. The summed E-state index contributed by atoms with van der Waals surface area (Å²) in [5.74, 6) is 0. The van der Waals surface area contributed by atoms with E-state index < -0.39 is 0 Å². The van der Waals surface area contributed by atoms with E-state index in [2.05, 4.69) is 22.4 Å². The maximum atomic E-state index is 5.20. The topological polar surface area (TPSA) is 38.1 Å². The zero-order chi connectivity index (χ0) is 9.38. The molecule has 0 radical (unpaired) electrons. The minimum Gasteiger partial charge on any atom is -0.443 e. The van der Waals surface area contributed by atoms with Gasteiger partial charge in [0.05, 0.1) is 0 Å². The predicted octanol–water partition coefficient (Wildman–Crippen LogP) is 2.25. The Labute approximate surface area is 82.1 Å². The lowest BCUT2D eigenvalue weighted by Crippen LogP contribution is -2.12. The summed E-state index contributed by atoms with van der Waals surface area (Å²) in [5.41, 5.74) is 3.15. The van der Waals surface area contributed by atoms with Gasteiger partial charge in [-0.3, -0.25) is 0 Å². The molecule has 0 bridgehead atoms. The van der Waals surface area contributed by atoms with Crippen LogP contribution in [0.15, 0.2) is 29.0 Å². The highest BCUT2D eigenvalue weighted by Gasteiger charge is 2.16. The van der Waals surface area contributed by atoms with Gasteiger partial charge in [0, 0.05) is 6.04 Å². The van der Waals surface area contributed by atoms with Crippen molar-refractivity contribution in [3.05, 3.63) is 30.2 Å². The third kappa shape index (κ3) is 1.21. The molecule has 0 saturated carbocycles. The molecule has 1 N–H and O–H groups in total. The van der Waals surface area contributed by atoms with Gasteiger partial charge < -0.3 is 9.73 Å². The summed E-state index contributed by atoms with van der Waals surface area (Å²) in [5, 5.41) is 3.47. The van der Waals surface area contributed by atoms with Gasteiger partial charge in [-0.25, -0.2) is 4.98 Å². The first-order chi connectivity index (χ1) is 6.93. The fraction of sp³-hybridized carbons (Fsp3) is 0.364. The third-order valence-corrected chi connectivity index (χ3v) is 2.82. The second kappa shape index (κ2) is 3.10. The predicted molar refractivity (Wildman–Crippen MR) is 54.0 cm³/mol. The number of benzene rings is 1. The van der Waals surface area contributed by atoms with E-state index in [-0.39, 0.29) is 0 Å². The molecule has 1 unspecified atom stereocenters. The van der Waals surface area contributed by atoms with Gasteiger partial charge in [0.2, 0.25) is 0 Å². The van der Waals surface area contributed by atoms with Gasteiger partial charge in [-0.15, -0.1) is 0 Å². The standard InChI is InChI=1S/C11H12N2O/c1-2-9(12-5-1)8-3-4-11-10(6-8)13-7-14-11/h3-4,6-7,9,12H,1-2,5H2. The van der Waals surface area contributed by atoms with Crippen molar-refractivity contribution in [1.29, 1.82) is 0 Å². The lowest BCUT2D eigenvalue weighted by Gasteiger charge is -2.09. The number of nitrogens with one attached hydrogen (secondary N) is 1. The molecule has 1 atom stereocenters. The van der Waals surface area contributed by atoms with Crippen LogP contribution in [0.3, 0.4) is 0 Å². The molecule has 1 aliphatic heterocycles. The highest BCUT2D eigenvalue weighted by Crippen LogP contribution is 2.25. The molecule has 2 aromatic rings. The molecule has 0 amide bonds. The van der Waals surface area contributed by atoms with Crippen LogP contribution in [0.4, 0.5) is 0 Å². The van der Waals surface area contributed by atoms with E-state index in [0.29, 0.717) is 6.04 Å². The monoisotopic (exact) mass is 188 g/mol. The molecule has 3 heteroatoms. The Kier molecular flexibility index (Phi) is 1.77. The van der Waals surface area contributed by atoms with Gasteiger partial charge in [-0.2, -0.15) is 0 Å². The van der Waals surface area contributed by atoms with E-state index in [1.165, 1.54) is 24.8 Å². The number of fused-ring (bicyclic) bond motifs is 1. The Balaban J connectivity index is 2.04. The maximum absolute atomic E-state index is 5.20. The summed E-state index contributed by atoms with van der Waals surface area (Å²) in [6.45, 7) is 1.13. The smallest absolute Gasteiger partial charge is 0.181 e. The van der Waals surface area contributed by atoms with Crippen molar-refractivity contribution < 1.29 is 4.42 Å². The van der Waals surface area contributed by atoms with Gasteiger partial charge in [-0.1, -0.05) is 6.07 Å². The number of aromatic nitrogens is 1. The van der Waals surface area contributed by atoms with E-state index in [9.17, 15) is 0 Å². The van der Waals surface area contributed by atoms with Gasteiger partial charge in [0.15, 0.2) is 12.0 Å². The first-order valence-electron chi connectivity index (χ1n) is 5.00. The van der Waals surface area contributed by atoms with E-state index >= 15 is 0 Å². The Morgan fingerprint density at radius 1 is 1.43 bits per heavy atom. The molecule has 14 heavy (non-hydrogen) atoms. The SMILES string of the molecule is c1nc2cc(C3CCCN3)ccc2o1. The molecule has 1 aromatic heterocycles. The zero-order valence-electron chi connectivity index (χ0n) is 7.86. The van der Waals surface area contributed by atoms with Crippen molar-refractivity contribution in [2.75, 3.05) is 6.54 Å². The molecule has 0 spiro atoms. The minimum absolute atomic E-state index is 0.510. The number of hydrogen-bond acceptors (Lipinski definition) is 3. The minimum atomic E-state index is 0.510. The summed E-state index contributed by atoms with van der Waals surface area (Å²) in [6.07, 6.45) is 3.99. The summed E-state index contributed by atoms with van der Waals surface area (Å²) in [7, 11) is 0.